The normalized spacial score (nSPS) is 12.0. The van der Waals surface area contributed by atoms with Gasteiger partial charge in [-0.25, -0.2) is 4.98 Å². The van der Waals surface area contributed by atoms with E-state index in [-0.39, 0.29) is 0 Å². The van der Waals surface area contributed by atoms with Gasteiger partial charge >= 0.3 is 0 Å². The van der Waals surface area contributed by atoms with Crippen LogP contribution in [0.5, 0.6) is 5.75 Å². The van der Waals surface area contributed by atoms with Crippen molar-refractivity contribution in [2.45, 2.75) is 39.2 Å². The van der Waals surface area contributed by atoms with Gasteiger partial charge in [0.2, 0.25) is 0 Å². The van der Waals surface area contributed by atoms with Crippen LogP contribution in [0, 0.1) is 5.92 Å². The van der Waals surface area contributed by atoms with Crippen molar-refractivity contribution in [1.82, 2.24) is 10.3 Å². The molecule has 4 nitrogen and oxygen atoms in total. The first-order chi connectivity index (χ1) is 16.5. The van der Waals surface area contributed by atoms with Crippen molar-refractivity contribution in [1.29, 1.82) is 0 Å². The summed E-state index contributed by atoms with van der Waals surface area (Å²) in [5.41, 5.74) is 5.91. The predicted octanol–water partition coefficient (Wildman–Crippen LogP) is 6.56. The number of thioether (sulfide) groups is 1. The lowest BCUT2D eigenvalue weighted by atomic mass is 9.95. The fourth-order valence-electron chi connectivity index (χ4n) is 3.40. The van der Waals surface area contributed by atoms with E-state index in [0.29, 0.717) is 12.5 Å². The van der Waals surface area contributed by atoms with Gasteiger partial charge in [0.1, 0.15) is 11.4 Å². The smallest absolute Gasteiger partial charge is 0.142 e. The third-order valence-corrected chi connectivity index (χ3v) is 6.57. The number of ether oxygens (including phenoxy) is 1. The quantitative estimate of drug-likeness (QED) is 0.106. The number of thiocarbonyl (C=S) groups is 1. The van der Waals surface area contributed by atoms with Gasteiger partial charge in [-0.15, -0.1) is 17.5 Å². The summed E-state index contributed by atoms with van der Waals surface area (Å²) in [6, 6.07) is 14.4. The van der Waals surface area contributed by atoms with Crippen molar-refractivity contribution in [2.75, 3.05) is 19.9 Å². The van der Waals surface area contributed by atoms with E-state index in [1.54, 1.807) is 32.1 Å². The molecule has 0 aliphatic rings. The van der Waals surface area contributed by atoms with Crippen molar-refractivity contribution in [3.8, 4) is 5.75 Å². The van der Waals surface area contributed by atoms with E-state index in [1.807, 2.05) is 19.1 Å². The minimum atomic E-state index is 0.370. The van der Waals surface area contributed by atoms with Crippen LogP contribution in [0.4, 0.5) is 0 Å². The third kappa shape index (κ3) is 10.5. The molecule has 0 fully saturated rings. The molecule has 0 bridgehead atoms. The number of aryl methyl sites for hydroxylation is 1. The highest BCUT2D eigenvalue weighted by Crippen LogP contribution is 2.19. The maximum atomic E-state index is 5.71. The molecule has 0 aliphatic heterocycles. The first-order valence-corrected chi connectivity index (χ1v) is 12.9. The Morgan fingerprint density at radius 2 is 2.09 bits per heavy atom. The van der Waals surface area contributed by atoms with Gasteiger partial charge in [-0.1, -0.05) is 61.3 Å². The van der Waals surface area contributed by atoms with E-state index in [4.69, 9.17) is 17.0 Å². The molecule has 34 heavy (non-hydrogen) atoms. The van der Waals surface area contributed by atoms with Crippen LogP contribution in [0.3, 0.4) is 0 Å². The molecular formula is C28H35N3OS2. The molecule has 1 aromatic carbocycles. The fraction of sp³-hybridized carbons (Fsp3) is 0.357. The summed E-state index contributed by atoms with van der Waals surface area (Å²) >= 11 is 7.50. The van der Waals surface area contributed by atoms with Crippen LogP contribution in [0.1, 0.15) is 43.1 Å². The number of hydrogen-bond acceptors (Lipinski definition) is 5. The van der Waals surface area contributed by atoms with Crippen molar-refractivity contribution in [3.63, 3.8) is 0 Å². The monoisotopic (exact) mass is 493 g/mol. The van der Waals surface area contributed by atoms with Crippen molar-refractivity contribution in [3.05, 3.63) is 88.8 Å². The number of aromatic nitrogens is 1. The average Bonchev–Trinajstić information content (AvgIpc) is 2.86. The number of rotatable bonds is 14. The third-order valence-electron chi connectivity index (χ3n) is 5.24. The number of nitrogens with zero attached hydrogens (tertiary/aromatic N) is 2. The molecular weight excluding hydrogens is 458 g/mol. The number of allylic oxidation sites excluding steroid dienone is 3. The number of nitrogens with one attached hydrogen (secondary N) is 1. The summed E-state index contributed by atoms with van der Waals surface area (Å²) in [6.07, 6.45) is 10.2. The predicted molar refractivity (Wildman–Crippen MR) is 151 cm³/mol. The lowest BCUT2D eigenvalue weighted by Gasteiger charge is -2.16. The maximum absolute atomic E-state index is 5.71. The minimum Gasteiger partial charge on any atom is -0.495 e. The zero-order valence-corrected chi connectivity index (χ0v) is 22.1. The first kappa shape index (κ1) is 27.6. The molecule has 6 heteroatoms. The Morgan fingerprint density at radius 1 is 1.29 bits per heavy atom. The Morgan fingerprint density at radius 3 is 2.79 bits per heavy atom. The van der Waals surface area contributed by atoms with E-state index in [1.165, 1.54) is 5.56 Å². The highest BCUT2D eigenvalue weighted by atomic mass is 32.2. The van der Waals surface area contributed by atoms with Gasteiger partial charge in [0.05, 0.1) is 24.3 Å². The van der Waals surface area contributed by atoms with E-state index >= 15 is 0 Å². The average molecular weight is 494 g/mol. The number of hydrogen-bond donors (Lipinski definition) is 1. The Kier molecular flexibility index (Phi) is 13.0. The Hall–Kier alpha value is -2.66. The second-order valence-electron chi connectivity index (χ2n) is 7.84. The van der Waals surface area contributed by atoms with Gasteiger partial charge in [0.25, 0.3) is 0 Å². The minimum absolute atomic E-state index is 0.370. The second kappa shape index (κ2) is 16.0. The molecule has 0 amide bonds. The van der Waals surface area contributed by atoms with Crippen LogP contribution in [-0.4, -0.2) is 36.1 Å². The van der Waals surface area contributed by atoms with E-state index in [2.05, 4.69) is 70.1 Å². The van der Waals surface area contributed by atoms with Gasteiger partial charge < -0.3 is 10.1 Å². The van der Waals surface area contributed by atoms with E-state index in [9.17, 15) is 0 Å². The molecule has 0 radical (unpaired) electrons. The van der Waals surface area contributed by atoms with Gasteiger partial charge in [-0.3, -0.25) is 4.99 Å². The topological polar surface area (TPSA) is 46.5 Å². The summed E-state index contributed by atoms with van der Waals surface area (Å²) in [5, 5.41) is 3.38. The Labute approximate surface area is 214 Å². The Bertz CT molecular complexity index is 1010. The molecule has 1 unspecified atom stereocenters. The number of pyridine rings is 1. The molecule has 0 saturated heterocycles. The van der Waals surface area contributed by atoms with Crippen LogP contribution in [0.15, 0.2) is 76.8 Å². The summed E-state index contributed by atoms with van der Waals surface area (Å²) < 4.78 is 5.47. The zero-order valence-electron chi connectivity index (χ0n) is 20.4. The largest absolute Gasteiger partial charge is 0.495 e. The van der Waals surface area contributed by atoms with E-state index < -0.39 is 0 Å². The number of aliphatic imine (C=N–C) groups is 1. The summed E-state index contributed by atoms with van der Waals surface area (Å²) in [7, 11) is 3.39. The fourth-order valence-corrected chi connectivity index (χ4v) is 4.35. The lowest BCUT2D eigenvalue weighted by Crippen LogP contribution is -2.24. The van der Waals surface area contributed by atoms with Crippen molar-refractivity contribution >= 4 is 35.2 Å². The summed E-state index contributed by atoms with van der Waals surface area (Å²) in [6.45, 7) is 6.26. The van der Waals surface area contributed by atoms with Crippen LogP contribution < -0.4 is 10.1 Å². The molecule has 1 atom stereocenters. The maximum Gasteiger partial charge on any atom is 0.142 e. The molecule has 0 spiro atoms. The lowest BCUT2D eigenvalue weighted by molar-refractivity contribution is 0.406. The highest BCUT2D eigenvalue weighted by Gasteiger charge is 2.11. The van der Waals surface area contributed by atoms with Gasteiger partial charge in [-0.05, 0) is 49.8 Å². The molecule has 180 valence electrons. The van der Waals surface area contributed by atoms with Crippen LogP contribution >= 0.6 is 24.0 Å². The summed E-state index contributed by atoms with van der Waals surface area (Å²) in [5.74, 6) is 2.14. The second-order valence-corrected chi connectivity index (χ2v) is 9.64. The molecule has 1 heterocycles. The van der Waals surface area contributed by atoms with Crippen LogP contribution in [-0.2, 0) is 13.0 Å². The van der Waals surface area contributed by atoms with Crippen LogP contribution in [0.25, 0.3) is 0 Å². The molecule has 1 aromatic heterocycles. The van der Waals surface area contributed by atoms with Crippen molar-refractivity contribution in [2.24, 2.45) is 10.9 Å². The molecule has 2 aromatic rings. The summed E-state index contributed by atoms with van der Waals surface area (Å²) in [4.78, 5) is 10.6. The standard InChI is InChI=1S/C28H35N3OS2/c1-5-22(2)34-18-10-9-13-24(15-14-23-11-7-6-8-12-23)19-28(33)30-21-26-27(32-4)17-16-25(31-26)20-29-3/h6-9,11-13,16-17,20,24H,1,10,14-15,18-19,21H2,2-4H3,(H,30,33)/b13-9+,29-20+. The van der Waals surface area contributed by atoms with Crippen molar-refractivity contribution < 1.29 is 4.74 Å². The van der Waals surface area contributed by atoms with Gasteiger partial charge in [0, 0.05) is 30.3 Å². The molecule has 2 rings (SSSR count). The molecule has 0 aliphatic carbocycles. The molecule has 1 N–H and O–H groups in total. The van der Waals surface area contributed by atoms with Gasteiger partial charge in [0.15, 0.2) is 0 Å². The van der Waals surface area contributed by atoms with Gasteiger partial charge in [-0.2, -0.15) is 0 Å². The number of methoxy groups -OCH3 is 1. The number of benzene rings is 1. The Balaban J connectivity index is 1.97. The van der Waals surface area contributed by atoms with E-state index in [0.717, 1.165) is 58.5 Å². The van der Waals surface area contributed by atoms with Crippen LogP contribution in [0.2, 0.25) is 0 Å². The SMILES string of the molecule is C=C=C(C)SCC/C=C/C(CCc1ccccc1)CC(=S)NCc1nc(/C=N/C)ccc1OC. The first-order valence-electron chi connectivity index (χ1n) is 11.5. The molecule has 0 saturated carbocycles. The zero-order chi connectivity index (χ0) is 24.6. The highest BCUT2D eigenvalue weighted by molar-refractivity contribution is 8.03.